The van der Waals surface area contributed by atoms with Crippen LogP contribution in [0.1, 0.15) is 22.5 Å². The van der Waals surface area contributed by atoms with Crippen LogP contribution in [0, 0.1) is 5.82 Å². The third-order valence-corrected chi connectivity index (χ3v) is 4.16. The molecule has 0 aliphatic carbocycles. The van der Waals surface area contributed by atoms with Crippen LogP contribution in [-0.4, -0.2) is 42.2 Å². The Morgan fingerprint density at radius 3 is 2.76 bits per heavy atom. The van der Waals surface area contributed by atoms with Gasteiger partial charge in [-0.3, -0.25) is 9.78 Å². The molecule has 0 radical (unpaired) electrons. The number of carbonyl (C=O) groups excluding carboxylic acids is 1. The summed E-state index contributed by atoms with van der Waals surface area (Å²) in [4.78, 5) is 18.2. The van der Waals surface area contributed by atoms with Crippen LogP contribution in [-0.2, 0) is 0 Å². The van der Waals surface area contributed by atoms with E-state index < -0.39 is 0 Å². The van der Waals surface area contributed by atoms with Crippen LogP contribution in [0.15, 0.2) is 48.7 Å². The van der Waals surface area contributed by atoms with Gasteiger partial charge in [-0.05, 0) is 41.8 Å². The fourth-order valence-electron chi connectivity index (χ4n) is 2.83. The van der Waals surface area contributed by atoms with E-state index in [1.165, 1.54) is 17.7 Å². The van der Waals surface area contributed by atoms with Crippen LogP contribution in [0.4, 0.5) is 10.1 Å². The molecule has 3 rings (SSSR count). The minimum Gasteiger partial charge on any atom is -0.395 e. The van der Waals surface area contributed by atoms with Crippen LogP contribution < -0.4 is 10.2 Å². The molecular formula is C19H20FN3O2. The quantitative estimate of drug-likeness (QED) is 0.875. The monoisotopic (exact) mass is 341 g/mol. The summed E-state index contributed by atoms with van der Waals surface area (Å²) in [6, 6.07) is 10.2. The highest BCUT2D eigenvalue weighted by atomic mass is 19.1. The molecule has 1 aromatic carbocycles. The van der Waals surface area contributed by atoms with Crippen molar-refractivity contribution < 1.29 is 14.3 Å². The Balaban J connectivity index is 1.70. The van der Waals surface area contributed by atoms with Crippen LogP contribution in [0.25, 0.3) is 5.57 Å². The number of nitrogens with zero attached hydrogens (tertiary/aromatic N) is 2. The van der Waals surface area contributed by atoms with Crippen LogP contribution in [0.3, 0.4) is 0 Å². The molecule has 0 fully saturated rings. The zero-order valence-electron chi connectivity index (χ0n) is 13.8. The zero-order valence-corrected chi connectivity index (χ0v) is 13.8. The van der Waals surface area contributed by atoms with Crippen molar-refractivity contribution in [1.82, 2.24) is 10.3 Å². The third-order valence-electron chi connectivity index (χ3n) is 4.16. The van der Waals surface area contributed by atoms with E-state index in [1.54, 1.807) is 24.4 Å². The van der Waals surface area contributed by atoms with Gasteiger partial charge in [-0.15, -0.1) is 0 Å². The van der Waals surface area contributed by atoms with E-state index in [1.807, 2.05) is 6.07 Å². The Labute approximate surface area is 145 Å². The van der Waals surface area contributed by atoms with Gasteiger partial charge in [0.15, 0.2) is 0 Å². The Kier molecular flexibility index (Phi) is 5.40. The number of rotatable bonds is 5. The maximum Gasteiger partial charge on any atom is 0.270 e. The topological polar surface area (TPSA) is 65.5 Å². The summed E-state index contributed by atoms with van der Waals surface area (Å²) in [6.07, 6.45) is 4.59. The van der Waals surface area contributed by atoms with Gasteiger partial charge in [0.05, 0.1) is 6.61 Å². The largest absolute Gasteiger partial charge is 0.395 e. The summed E-state index contributed by atoms with van der Waals surface area (Å²) in [6.45, 7) is 1.63. The van der Waals surface area contributed by atoms with E-state index in [0.29, 0.717) is 12.2 Å². The number of halogens is 1. The fourth-order valence-corrected chi connectivity index (χ4v) is 2.83. The molecule has 25 heavy (non-hydrogen) atoms. The molecule has 0 unspecified atom stereocenters. The lowest BCUT2D eigenvalue weighted by Crippen LogP contribution is -2.30. The molecular weight excluding hydrogens is 321 g/mol. The van der Waals surface area contributed by atoms with Crippen LogP contribution >= 0.6 is 0 Å². The molecule has 130 valence electrons. The van der Waals surface area contributed by atoms with Crippen molar-refractivity contribution in [3.05, 3.63) is 65.7 Å². The number of hydrogen-bond donors (Lipinski definition) is 2. The second-order valence-corrected chi connectivity index (χ2v) is 5.81. The van der Waals surface area contributed by atoms with Crippen molar-refractivity contribution in [2.45, 2.75) is 6.42 Å². The van der Waals surface area contributed by atoms with Gasteiger partial charge in [0, 0.05) is 31.5 Å². The molecule has 2 aromatic rings. The first-order chi connectivity index (χ1) is 12.2. The minimum absolute atomic E-state index is 0.103. The predicted molar refractivity (Wildman–Crippen MR) is 94.9 cm³/mol. The molecule has 1 aliphatic heterocycles. The highest BCUT2D eigenvalue weighted by Gasteiger charge is 2.15. The average molecular weight is 341 g/mol. The first-order valence-electron chi connectivity index (χ1n) is 8.22. The molecule has 0 atom stereocenters. The molecule has 0 saturated carbocycles. The van der Waals surface area contributed by atoms with Gasteiger partial charge in [0.25, 0.3) is 5.91 Å². The number of amides is 1. The second-order valence-electron chi connectivity index (χ2n) is 5.81. The van der Waals surface area contributed by atoms with Crippen molar-refractivity contribution in [3.63, 3.8) is 0 Å². The Morgan fingerprint density at radius 1 is 1.28 bits per heavy atom. The predicted octanol–water partition coefficient (Wildman–Crippen LogP) is 2.24. The molecule has 0 spiro atoms. The van der Waals surface area contributed by atoms with Crippen molar-refractivity contribution in [3.8, 4) is 0 Å². The van der Waals surface area contributed by atoms with Crippen molar-refractivity contribution in [1.29, 1.82) is 0 Å². The van der Waals surface area contributed by atoms with Gasteiger partial charge in [0.1, 0.15) is 11.5 Å². The molecule has 1 aliphatic rings. The first kappa shape index (κ1) is 17.1. The van der Waals surface area contributed by atoms with Crippen molar-refractivity contribution in [2.24, 2.45) is 0 Å². The summed E-state index contributed by atoms with van der Waals surface area (Å²) in [5, 5.41) is 11.4. The maximum atomic E-state index is 13.0. The normalized spacial score (nSPS) is 14.2. The fraction of sp³-hybridized carbons (Fsp3) is 0.263. The molecule has 2 heterocycles. The Bertz CT molecular complexity index is 774. The Hall–Kier alpha value is -2.73. The highest BCUT2D eigenvalue weighted by Crippen LogP contribution is 2.25. The molecule has 1 aromatic heterocycles. The van der Waals surface area contributed by atoms with Gasteiger partial charge in [-0.2, -0.15) is 0 Å². The van der Waals surface area contributed by atoms with Gasteiger partial charge in [-0.25, -0.2) is 4.39 Å². The van der Waals surface area contributed by atoms with E-state index in [4.69, 9.17) is 5.11 Å². The standard InChI is InChI=1S/C19H20FN3O2/c20-16-3-1-14(2-4-16)15-6-10-23(11-7-15)17-5-8-21-18(13-17)19(25)22-9-12-24/h1-6,8,13,24H,7,9-12H2,(H,22,25). The number of anilines is 1. The summed E-state index contributed by atoms with van der Waals surface area (Å²) in [7, 11) is 0. The lowest BCUT2D eigenvalue weighted by atomic mass is 9.99. The van der Waals surface area contributed by atoms with Crippen LogP contribution in [0.5, 0.6) is 0 Å². The van der Waals surface area contributed by atoms with E-state index in [0.717, 1.165) is 24.2 Å². The zero-order chi connectivity index (χ0) is 17.6. The number of hydrogen-bond acceptors (Lipinski definition) is 4. The number of nitrogens with one attached hydrogen (secondary N) is 1. The molecule has 1 amide bonds. The minimum atomic E-state index is -0.296. The van der Waals surface area contributed by atoms with Crippen molar-refractivity contribution >= 4 is 17.2 Å². The van der Waals surface area contributed by atoms with Crippen molar-refractivity contribution in [2.75, 3.05) is 31.1 Å². The maximum absolute atomic E-state index is 13.0. The van der Waals surface area contributed by atoms with Gasteiger partial charge in [-0.1, -0.05) is 18.2 Å². The number of aliphatic hydroxyl groups is 1. The van der Waals surface area contributed by atoms with Gasteiger partial charge >= 0.3 is 0 Å². The van der Waals surface area contributed by atoms with E-state index in [9.17, 15) is 9.18 Å². The number of aromatic nitrogens is 1. The SMILES string of the molecule is O=C(NCCO)c1cc(N2CC=C(c3ccc(F)cc3)CC2)ccn1. The van der Waals surface area contributed by atoms with E-state index >= 15 is 0 Å². The summed E-state index contributed by atoms with van der Waals surface area (Å²) in [5.74, 6) is -0.527. The van der Waals surface area contributed by atoms with E-state index in [-0.39, 0.29) is 24.9 Å². The molecule has 2 N–H and O–H groups in total. The average Bonchev–Trinajstić information content (AvgIpc) is 2.67. The van der Waals surface area contributed by atoms with Crippen LogP contribution in [0.2, 0.25) is 0 Å². The number of aliphatic hydroxyl groups excluding tert-OH is 1. The highest BCUT2D eigenvalue weighted by molar-refractivity contribution is 5.93. The molecule has 6 heteroatoms. The summed E-state index contributed by atoms with van der Waals surface area (Å²) < 4.78 is 13.0. The molecule has 5 nitrogen and oxygen atoms in total. The van der Waals surface area contributed by atoms with E-state index in [2.05, 4.69) is 21.3 Å². The number of pyridine rings is 1. The lowest BCUT2D eigenvalue weighted by molar-refractivity contribution is 0.0940. The smallest absolute Gasteiger partial charge is 0.270 e. The number of carbonyl (C=O) groups is 1. The third kappa shape index (κ3) is 4.22. The molecule has 0 saturated heterocycles. The first-order valence-corrected chi connectivity index (χ1v) is 8.22. The molecule has 0 bridgehead atoms. The summed E-state index contributed by atoms with van der Waals surface area (Å²) >= 11 is 0. The Morgan fingerprint density at radius 2 is 2.08 bits per heavy atom. The second kappa shape index (κ2) is 7.90. The number of benzene rings is 1. The summed E-state index contributed by atoms with van der Waals surface area (Å²) in [5.41, 5.74) is 3.50. The lowest BCUT2D eigenvalue weighted by Gasteiger charge is -2.28. The van der Waals surface area contributed by atoms with Gasteiger partial charge < -0.3 is 15.3 Å². The van der Waals surface area contributed by atoms with Gasteiger partial charge in [0.2, 0.25) is 0 Å².